The summed E-state index contributed by atoms with van der Waals surface area (Å²) in [5, 5.41) is 0. The first kappa shape index (κ1) is 33.6. The molecule has 0 saturated carbocycles. The van der Waals surface area contributed by atoms with Gasteiger partial charge in [-0.1, -0.05) is 128 Å². The van der Waals surface area contributed by atoms with Gasteiger partial charge < -0.3 is 9.47 Å². The van der Waals surface area contributed by atoms with Crippen molar-refractivity contribution in [3.05, 3.63) is 54.1 Å². The maximum Gasteiger partial charge on any atom is 0.338 e. The first-order valence-electron chi connectivity index (χ1n) is 16.2. The Labute approximate surface area is 244 Å². The Balaban J connectivity index is 1.62. The number of rotatable bonds is 22. The SMILES string of the molecule is CCCCCCCCCCCCCCC(=O)Oc1ccc(-c2ccc(C(=O)OC(C)CCCCCC)cc2)cc1. The van der Waals surface area contributed by atoms with Gasteiger partial charge >= 0.3 is 11.9 Å². The summed E-state index contributed by atoms with van der Waals surface area (Å²) in [5.41, 5.74) is 2.57. The summed E-state index contributed by atoms with van der Waals surface area (Å²) in [6.07, 6.45) is 21.3. The maximum absolute atomic E-state index is 12.5. The molecule has 0 radical (unpaired) electrons. The highest BCUT2D eigenvalue weighted by atomic mass is 16.5. The van der Waals surface area contributed by atoms with Crippen LogP contribution in [0, 0.1) is 0 Å². The molecule has 4 nitrogen and oxygen atoms in total. The van der Waals surface area contributed by atoms with Crippen LogP contribution in [0.2, 0.25) is 0 Å². The van der Waals surface area contributed by atoms with Crippen LogP contribution in [-0.2, 0) is 9.53 Å². The lowest BCUT2D eigenvalue weighted by Gasteiger charge is -2.13. The molecule has 2 aromatic rings. The summed E-state index contributed by atoms with van der Waals surface area (Å²) in [7, 11) is 0. The van der Waals surface area contributed by atoms with Gasteiger partial charge in [0.05, 0.1) is 11.7 Å². The first-order valence-corrected chi connectivity index (χ1v) is 16.2. The molecule has 40 heavy (non-hydrogen) atoms. The van der Waals surface area contributed by atoms with Gasteiger partial charge in [-0.05, 0) is 61.6 Å². The summed E-state index contributed by atoms with van der Waals surface area (Å²) >= 11 is 0. The van der Waals surface area contributed by atoms with Crippen molar-refractivity contribution in [3.63, 3.8) is 0 Å². The molecular formula is C36H54O4. The predicted molar refractivity (Wildman–Crippen MR) is 167 cm³/mol. The molecule has 2 rings (SSSR count). The van der Waals surface area contributed by atoms with Gasteiger partial charge in [-0.15, -0.1) is 0 Å². The number of esters is 2. The molecule has 4 heteroatoms. The van der Waals surface area contributed by atoms with Gasteiger partial charge in [0.25, 0.3) is 0 Å². The molecule has 0 aromatic heterocycles. The second-order valence-electron chi connectivity index (χ2n) is 11.3. The van der Waals surface area contributed by atoms with Crippen molar-refractivity contribution in [1.82, 2.24) is 0 Å². The van der Waals surface area contributed by atoms with E-state index in [1.54, 1.807) is 0 Å². The van der Waals surface area contributed by atoms with Crippen LogP contribution in [0.5, 0.6) is 5.75 Å². The van der Waals surface area contributed by atoms with E-state index in [2.05, 4.69) is 13.8 Å². The Hall–Kier alpha value is -2.62. The smallest absolute Gasteiger partial charge is 0.338 e. The van der Waals surface area contributed by atoms with E-state index in [0.717, 1.165) is 36.8 Å². The van der Waals surface area contributed by atoms with Crippen LogP contribution in [0.25, 0.3) is 11.1 Å². The van der Waals surface area contributed by atoms with E-state index in [1.807, 2.05) is 55.5 Å². The third-order valence-corrected chi connectivity index (χ3v) is 7.55. The zero-order chi connectivity index (χ0) is 28.8. The second-order valence-corrected chi connectivity index (χ2v) is 11.3. The van der Waals surface area contributed by atoms with Gasteiger partial charge in [0.1, 0.15) is 5.75 Å². The van der Waals surface area contributed by atoms with Crippen LogP contribution in [0.1, 0.15) is 147 Å². The number of carbonyl (C=O) groups excluding carboxylic acids is 2. The molecule has 0 heterocycles. The van der Waals surface area contributed by atoms with Crippen molar-refractivity contribution >= 4 is 11.9 Å². The average Bonchev–Trinajstić information content (AvgIpc) is 2.96. The maximum atomic E-state index is 12.5. The third kappa shape index (κ3) is 14.7. The van der Waals surface area contributed by atoms with Crippen molar-refractivity contribution < 1.29 is 19.1 Å². The molecule has 0 spiro atoms. The standard InChI is InChI=1S/C36H54O4/c1-4-6-8-10-11-12-13-14-15-16-17-19-21-35(37)40-34-28-26-32(27-29-34)31-22-24-33(25-23-31)36(38)39-30(3)20-18-9-7-5-2/h22-30H,4-21H2,1-3H3. The van der Waals surface area contributed by atoms with Crippen molar-refractivity contribution in [2.45, 2.75) is 142 Å². The van der Waals surface area contributed by atoms with Crippen LogP contribution < -0.4 is 4.74 Å². The van der Waals surface area contributed by atoms with Gasteiger partial charge in [-0.3, -0.25) is 4.79 Å². The second kappa shape index (κ2) is 21.2. The van der Waals surface area contributed by atoms with Crippen molar-refractivity contribution in [3.8, 4) is 16.9 Å². The highest BCUT2D eigenvalue weighted by Gasteiger charge is 2.12. The molecular weight excluding hydrogens is 496 g/mol. The van der Waals surface area contributed by atoms with Gasteiger partial charge in [0, 0.05) is 6.42 Å². The van der Waals surface area contributed by atoms with E-state index in [1.165, 1.54) is 83.5 Å². The van der Waals surface area contributed by atoms with E-state index < -0.39 is 0 Å². The largest absolute Gasteiger partial charge is 0.459 e. The van der Waals surface area contributed by atoms with E-state index in [-0.39, 0.29) is 18.0 Å². The molecule has 2 aromatic carbocycles. The Bertz CT molecular complexity index is 932. The Morgan fingerprint density at radius 2 is 1.05 bits per heavy atom. The van der Waals surface area contributed by atoms with Gasteiger partial charge in [-0.2, -0.15) is 0 Å². The molecule has 0 aliphatic carbocycles. The molecule has 0 bridgehead atoms. The zero-order valence-corrected chi connectivity index (χ0v) is 25.6. The van der Waals surface area contributed by atoms with E-state index in [0.29, 0.717) is 17.7 Å². The summed E-state index contributed by atoms with van der Waals surface area (Å²) in [4.78, 5) is 24.7. The summed E-state index contributed by atoms with van der Waals surface area (Å²) < 4.78 is 11.1. The third-order valence-electron chi connectivity index (χ3n) is 7.55. The van der Waals surface area contributed by atoms with Crippen molar-refractivity contribution in [2.24, 2.45) is 0 Å². The number of unbranched alkanes of at least 4 members (excludes halogenated alkanes) is 14. The molecule has 222 valence electrons. The monoisotopic (exact) mass is 550 g/mol. The van der Waals surface area contributed by atoms with E-state index in [9.17, 15) is 9.59 Å². The van der Waals surface area contributed by atoms with Gasteiger partial charge in [0.15, 0.2) is 0 Å². The number of hydrogen-bond donors (Lipinski definition) is 0. The van der Waals surface area contributed by atoms with Crippen molar-refractivity contribution in [1.29, 1.82) is 0 Å². The van der Waals surface area contributed by atoms with Crippen LogP contribution >= 0.6 is 0 Å². The Kier molecular flexibility index (Phi) is 17.8. The quantitative estimate of drug-likeness (QED) is 0.0831. The lowest BCUT2D eigenvalue weighted by Crippen LogP contribution is -2.15. The summed E-state index contributed by atoms with van der Waals surface area (Å²) in [6, 6.07) is 15.0. The van der Waals surface area contributed by atoms with Crippen LogP contribution in [0.3, 0.4) is 0 Å². The minimum Gasteiger partial charge on any atom is -0.459 e. The lowest BCUT2D eigenvalue weighted by atomic mass is 10.0. The van der Waals surface area contributed by atoms with Gasteiger partial charge in [0.2, 0.25) is 0 Å². The van der Waals surface area contributed by atoms with E-state index in [4.69, 9.17) is 9.47 Å². The normalized spacial score (nSPS) is 11.8. The lowest BCUT2D eigenvalue weighted by molar-refractivity contribution is -0.134. The number of ether oxygens (including phenoxy) is 2. The van der Waals surface area contributed by atoms with Crippen LogP contribution in [0.15, 0.2) is 48.5 Å². The molecule has 0 fully saturated rings. The fourth-order valence-corrected chi connectivity index (χ4v) is 4.98. The highest BCUT2D eigenvalue weighted by Crippen LogP contribution is 2.24. The summed E-state index contributed by atoms with van der Waals surface area (Å²) in [6.45, 7) is 6.42. The molecule has 1 unspecified atom stereocenters. The molecule has 0 aliphatic rings. The van der Waals surface area contributed by atoms with Crippen LogP contribution in [-0.4, -0.2) is 18.0 Å². The molecule has 0 amide bonds. The Morgan fingerprint density at radius 1 is 0.600 bits per heavy atom. The molecule has 0 aliphatic heterocycles. The van der Waals surface area contributed by atoms with Gasteiger partial charge in [-0.25, -0.2) is 4.79 Å². The fourth-order valence-electron chi connectivity index (χ4n) is 4.98. The Morgan fingerprint density at radius 3 is 1.57 bits per heavy atom. The van der Waals surface area contributed by atoms with Crippen LogP contribution in [0.4, 0.5) is 0 Å². The molecule has 1 atom stereocenters. The predicted octanol–water partition coefficient (Wildman–Crippen LogP) is 10.9. The minimum absolute atomic E-state index is 0.0704. The fraction of sp³-hybridized carbons (Fsp3) is 0.611. The van der Waals surface area contributed by atoms with E-state index >= 15 is 0 Å². The first-order chi connectivity index (χ1) is 19.5. The average molecular weight is 551 g/mol. The zero-order valence-electron chi connectivity index (χ0n) is 25.6. The highest BCUT2D eigenvalue weighted by molar-refractivity contribution is 5.90. The topological polar surface area (TPSA) is 52.6 Å². The molecule has 0 saturated heterocycles. The van der Waals surface area contributed by atoms with Crippen molar-refractivity contribution in [2.75, 3.05) is 0 Å². The number of benzene rings is 2. The number of hydrogen-bond acceptors (Lipinski definition) is 4. The summed E-state index contributed by atoms with van der Waals surface area (Å²) in [5.74, 6) is 0.132. The molecule has 0 N–H and O–H groups in total. The number of carbonyl (C=O) groups is 2. The minimum atomic E-state index is -0.273.